The summed E-state index contributed by atoms with van der Waals surface area (Å²) >= 11 is 0. The molecule has 0 radical (unpaired) electrons. The largest absolute Gasteiger partial charge is 0.507 e. The Labute approximate surface area is 185 Å². The number of phenolic OH excluding ortho intramolecular Hbond substituents is 1. The van der Waals surface area contributed by atoms with E-state index in [1.807, 2.05) is 37.3 Å². The zero-order valence-electron chi connectivity index (χ0n) is 17.9. The first kappa shape index (κ1) is 21.0. The molecule has 160 valence electrons. The third-order valence-electron chi connectivity index (χ3n) is 4.92. The second-order valence-corrected chi connectivity index (χ2v) is 7.13. The molecule has 1 N–H and O–H groups in total. The number of carbonyl (C=O) groups is 1. The lowest BCUT2D eigenvalue weighted by molar-refractivity contribution is 0.0600. The summed E-state index contributed by atoms with van der Waals surface area (Å²) in [6, 6.07) is 19.5. The van der Waals surface area contributed by atoms with Gasteiger partial charge in [-0.15, -0.1) is 0 Å². The first-order valence-electron chi connectivity index (χ1n) is 9.87. The van der Waals surface area contributed by atoms with E-state index in [2.05, 4.69) is 15.0 Å². The third-order valence-corrected chi connectivity index (χ3v) is 4.92. The Morgan fingerprint density at radius 1 is 0.812 bits per heavy atom. The van der Waals surface area contributed by atoms with E-state index in [-0.39, 0.29) is 5.75 Å². The Hall–Kier alpha value is -4.26. The highest BCUT2D eigenvalue weighted by atomic mass is 16.5. The number of hydrogen-bond acceptors (Lipinski definition) is 7. The van der Waals surface area contributed by atoms with Crippen molar-refractivity contribution in [3.05, 3.63) is 77.9 Å². The molecule has 1 heterocycles. The maximum absolute atomic E-state index is 11.8. The molecule has 3 aromatic carbocycles. The van der Waals surface area contributed by atoms with Gasteiger partial charge in [0.05, 0.1) is 25.3 Å². The molecule has 0 atom stereocenters. The highest BCUT2D eigenvalue weighted by Gasteiger charge is 2.15. The van der Waals surface area contributed by atoms with Crippen LogP contribution in [0.25, 0.3) is 34.2 Å². The number of aromatic nitrogens is 3. The van der Waals surface area contributed by atoms with Crippen LogP contribution in [0.15, 0.2) is 66.7 Å². The molecular formula is C25H21N3O4. The molecule has 0 saturated carbocycles. The minimum absolute atomic E-state index is 0.0831. The molecule has 7 nitrogen and oxygen atoms in total. The Bertz CT molecular complexity index is 1290. The van der Waals surface area contributed by atoms with Gasteiger partial charge >= 0.3 is 5.97 Å². The zero-order valence-corrected chi connectivity index (χ0v) is 17.9. The minimum atomic E-state index is -0.422. The van der Waals surface area contributed by atoms with Crippen molar-refractivity contribution in [2.45, 2.75) is 6.92 Å². The Balaban J connectivity index is 1.88. The standard InChI is InChI=1S/C25H21N3O4/c1-15-7-12-20(21(29)13-15)24-27-22(16-8-10-17(11-9-16)25(30)32-3)26-23(28-24)18-5-4-6-19(14-18)31-2/h4-14,29H,1-3H3. The fourth-order valence-electron chi connectivity index (χ4n) is 3.22. The molecule has 7 heteroatoms. The number of aryl methyl sites for hydroxylation is 1. The van der Waals surface area contributed by atoms with E-state index < -0.39 is 5.97 Å². The van der Waals surface area contributed by atoms with E-state index in [1.165, 1.54) is 7.11 Å². The summed E-state index contributed by atoms with van der Waals surface area (Å²) in [5.41, 5.74) is 3.28. The summed E-state index contributed by atoms with van der Waals surface area (Å²) in [7, 11) is 2.93. The van der Waals surface area contributed by atoms with Gasteiger partial charge in [-0.2, -0.15) is 0 Å². The van der Waals surface area contributed by atoms with Gasteiger partial charge in [0.25, 0.3) is 0 Å². The van der Waals surface area contributed by atoms with Crippen LogP contribution in [0.5, 0.6) is 11.5 Å². The molecule has 4 rings (SSSR count). The molecule has 0 unspecified atom stereocenters. The van der Waals surface area contributed by atoms with Crippen LogP contribution in [0.2, 0.25) is 0 Å². The molecule has 0 aliphatic heterocycles. The normalized spacial score (nSPS) is 10.6. The van der Waals surface area contributed by atoms with E-state index in [0.717, 1.165) is 11.1 Å². The van der Waals surface area contributed by atoms with Crippen LogP contribution in [-0.4, -0.2) is 40.2 Å². The summed E-state index contributed by atoms with van der Waals surface area (Å²) in [6.07, 6.45) is 0. The second-order valence-electron chi connectivity index (χ2n) is 7.13. The van der Waals surface area contributed by atoms with Gasteiger partial charge in [-0.1, -0.05) is 30.3 Å². The number of nitrogens with zero attached hydrogens (tertiary/aromatic N) is 3. The summed E-state index contributed by atoms with van der Waals surface area (Å²) in [6.45, 7) is 1.90. The fraction of sp³-hybridized carbons (Fsp3) is 0.120. The number of benzene rings is 3. The van der Waals surface area contributed by atoms with E-state index in [0.29, 0.717) is 39.9 Å². The number of ether oxygens (including phenoxy) is 2. The van der Waals surface area contributed by atoms with Gasteiger partial charge < -0.3 is 14.6 Å². The van der Waals surface area contributed by atoms with Gasteiger partial charge in [0.2, 0.25) is 0 Å². The smallest absolute Gasteiger partial charge is 0.337 e. The molecule has 0 saturated heterocycles. The monoisotopic (exact) mass is 427 g/mol. The Morgan fingerprint density at radius 3 is 2.16 bits per heavy atom. The van der Waals surface area contributed by atoms with Crippen LogP contribution in [0.1, 0.15) is 15.9 Å². The van der Waals surface area contributed by atoms with Gasteiger partial charge in [0, 0.05) is 11.1 Å². The highest BCUT2D eigenvalue weighted by Crippen LogP contribution is 2.31. The van der Waals surface area contributed by atoms with Crippen molar-refractivity contribution in [1.82, 2.24) is 15.0 Å². The number of esters is 1. The molecule has 0 spiro atoms. The van der Waals surface area contributed by atoms with Crippen molar-refractivity contribution in [2.75, 3.05) is 14.2 Å². The van der Waals surface area contributed by atoms with Gasteiger partial charge in [-0.05, 0) is 48.9 Å². The summed E-state index contributed by atoms with van der Waals surface area (Å²) in [5, 5.41) is 10.5. The third kappa shape index (κ3) is 4.27. The molecule has 4 aromatic rings. The quantitative estimate of drug-likeness (QED) is 0.462. The van der Waals surface area contributed by atoms with E-state index in [1.54, 1.807) is 43.5 Å². The lowest BCUT2D eigenvalue weighted by Crippen LogP contribution is -2.02. The summed E-state index contributed by atoms with van der Waals surface area (Å²) in [4.78, 5) is 25.6. The number of aromatic hydroxyl groups is 1. The number of phenols is 1. The van der Waals surface area contributed by atoms with Crippen LogP contribution < -0.4 is 4.74 Å². The van der Waals surface area contributed by atoms with Crippen molar-refractivity contribution in [3.63, 3.8) is 0 Å². The number of hydrogen-bond donors (Lipinski definition) is 1. The first-order valence-corrected chi connectivity index (χ1v) is 9.87. The van der Waals surface area contributed by atoms with Crippen LogP contribution in [-0.2, 0) is 4.74 Å². The van der Waals surface area contributed by atoms with Gasteiger partial charge in [-0.25, -0.2) is 19.7 Å². The predicted molar refractivity (Wildman–Crippen MR) is 120 cm³/mol. The number of carbonyl (C=O) groups excluding carboxylic acids is 1. The SMILES string of the molecule is COC(=O)c1ccc(-c2nc(-c3cccc(OC)c3)nc(-c3ccc(C)cc3O)n2)cc1. The van der Waals surface area contributed by atoms with Crippen molar-refractivity contribution in [1.29, 1.82) is 0 Å². The highest BCUT2D eigenvalue weighted by molar-refractivity contribution is 5.89. The molecule has 1 aromatic heterocycles. The first-order chi connectivity index (χ1) is 15.5. The summed E-state index contributed by atoms with van der Waals surface area (Å²) < 4.78 is 10.1. The molecule has 0 fully saturated rings. The minimum Gasteiger partial charge on any atom is -0.507 e. The van der Waals surface area contributed by atoms with Crippen molar-refractivity contribution >= 4 is 5.97 Å². The van der Waals surface area contributed by atoms with E-state index in [9.17, 15) is 9.90 Å². The van der Waals surface area contributed by atoms with Crippen LogP contribution in [0, 0.1) is 6.92 Å². The molecule has 32 heavy (non-hydrogen) atoms. The maximum Gasteiger partial charge on any atom is 0.337 e. The van der Waals surface area contributed by atoms with Crippen LogP contribution >= 0.6 is 0 Å². The zero-order chi connectivity index (χ0) is 22.7. The molecule has 0 amide bonds. The van der Waals surface area contributed by atoms with Crippen molar-refractivity contribution in [2.24, 2.45) is 0 Å². The maximum atomic E-state index is 11.8. The lowest BCUT2D eigenvalue weighted by Gasteiger charge is -2.10. The van der Waals surface area contributed by atoms with Gasteiger partial charge in [-0.3, -0.25) is 0 Å². The van der Waals surface area contributed by atoms with Crippen molar-refractivity contribution < 1.29 is 19.4 Å². The molecular weight excluding hydrogens is 406 g/mol. The van der Waals surface area contributed by atoms with Crippen LogP contribution in [0.4, 0.5) is 0 Å². The van der Waals surface area contributed by atoms with Crippen molar-refractivity contribution in [3.8, 4) is 45.7 Å². The Kier molecular flexibility index (Phi) is 5.81. The molecule has 0 bridgehead atoms. The second kappa shape index (κ2) is 8.85. The lowest BCUT2D eigenvalue weighted by atomic mass is 10.1. The predicted octanol–water partition coefficient (Wildman–Crippen LogP) is 4.68. The van der Waals surface area contributed by atoms with Gasteiger partial charge in [0.15, 0.2) is 17.5 Å². The van der Waals surface area contributed by atoms with E-state index in [4.69, 9.17) is 9.47 Å². The molecule has 0 aliphatic carbocycles. The topological polar surface area (TPSA) is 94.4 Å². The van der Waals surface area contributed by atoms with E-state index >= 15 is 0 Å². The fourth-order valence-corrected chi connectivity index (χ4v) is 3.22. The average Bonchev–Trinajstić information content (AvgIpc) is 2.83. The molecule has 0 aliphatic rings. The Morgan fingerprint density at radius 2 is 1.50 bits per heavy atom. The average molecular weight is 427 g/mol. The summed E-state index contributed by atoms with van der Waals surface area (Å²) in [5.74, 6) is 1.51. The number of rotatable bonds is 5. The van der Waals surface area contributed by atoms with Crippen LogP contribution in [0.3, 0.4) is 0 Å². The van der Waals surface area contributed by atoms with Gasteiger partial charge in [0.1, 0.15) is 11.5 Å². The number of methoxy groups -OCH3 is 2.